The van der Waals surface area contributed by atoms with Crippen LogP contribution >= 0.6 is 18.9 Å². The number of methoxy groups -OCH3 is 1. The molecule has 0 fully saturated rings. The maximum atomic E-state index is 12.3. The molecule has 1 aromatic heterocycles. The maximum absolute atomic E-state index is 12.3. The normalized spacial score (nSPS) is 19.5. The van der Waals surface area contributed by atoms with E-state index in [1.165, 1.54) is 31.8 Å². The van der Waals surface area contributed by atoms with Crippen molar-refractivity contribution in [2.75, 3.05) is 21.3 Å². The number of rotatable bonds is 4. The van der Waals surface area contributed by atoms with Crippen LogP contribution in [0.15, 0.2) is 17.7 Å². The molecule has 0 aliphatic carbocycles. The first-order chi connectivity index (χ1) is 8.16. The van der Waals surface area contributed by atoms with E-state index in [9.17, 15) is 4.57 Å². The lowest BCUT2D eigenvalue weighted by Crippen LogP contribution is -2.09. The van der Waals surface area contributed by atoms with E-state index >= 15 is 0 Å². The summed E-state index contributed by atoms with van der Waals surface area (Å²) >= 11 is 1.45. The van der Waals surface area contributed by atoms with Crippen LogP contribution in [0.2, 0.25) is 0 Å². The van der Waals surface area contributed by atoms with Crippen molar-refractivity contribution in [3.05, 3.63) is 28.1 Å². The summed E-state index contributed by atoms with van der Waals surface area (Å²) in [4.78, 5) is 0.815. The topological polar surface area (TPSA) is 54.0 Å². The molecule has 2 heterocycles. The summed E-state index contributed by atoms with van der Waals surface area (Å²) in [6.07, 6.45) is 0.919. The van der Waals surface area contributed by atoms with Crippen LogP contribution in [0.1, 0.15) is 16.7 Å². The average Bonchev–Trinajstić information content (AvgIpc) is 2.85. The first-order valence-corrected chi connectivity index (χ1v) is 7.26. The van der Waals surface area contributed by atoms with E-state index in [4.69, 9.17) is 18.5 Å². The molecule has 0 saturated heterocycles. The molecule has 1 aromatic rings. The van der Waals surface area contributed by atoms with E-state index in [2.05, 4.69) is 0 Å². The average molecular weight is 276 g/mol. The van der Waals surface area contributed by atoms with Gasteiger partial charge in [0, 0.05) is 26.9 Å². The van der Waals surface area contributed by atoms with Crippen molar-refractivity contribution in [1.29, 1.82) is 0 Å². The third kappa shape index (κ3) is 2.07. The van der Waals surface area contributed by atoms with Gasteiger partial charge in [-0.15, -0.1) is 11.3 Å². The molecule has 1 atom stereocenters. The van der Waals surface area contributed by atoms with Gasteiger partial charge in [-0.3, -0.25) is 4.57 Å². The van der Waals surface area contributed by atoms with Gasteiger partial charge in [-0.2, -0.15) is 0 Å². The van der Waals surface area contributed by atoms with Crippen LogP contribution in [0.25, 0.3) is 5.31 Å². The highest BCUT2D eigenvalue weighted by atomic mass is 32.1. The fraction of sp³-hybridized carbons (Fsp3) is 0.400. The summed E-state index contributed by atoms with van der Waals surface area (Å²) < 4.78 is 32.8. The van der Waals surface area contributed by atoms with Gasteiger partial charge in [-0.05, 0) is 11.4 Å². The number of ether oxygens (including phenoxy) is 2. The van der Waals surface area contributed by atoms with Crippen molar-refractivity contribution >= 4 is 24.2 Å². The first kappa shape index (κ1) is 12.8. The molecule has 94 valence electrons. The summed E-state index contributed by atoms with van der Waals surface area (Å²) in [6.45, 7) is 0. The molecule has 2 rings (SSSR count). The van der Waals surface area contributed by atoms with E-state index in [1.54, 1.807) is 7.11 Å². The molecule has 7 heteroatoms. The standard InChI is InChI=1S/C10H13O5PS/c1-12-10-7-4-5-17-9(7)8(6-15-10)16(11,13-2)14-3/h4-6,10H,1-3H3. The second-order valence-corrected chi connectivity index (χ2v) is 6.40. The van der Waals surface area contributed by atoms with Crippen LogP contribution in [0, 0.1) is 0 Å². The summed E-state index contributed by atoms with van der Waals surface area (Å²) in [5.74, 6) is 0. The fourth-order valence-electron chi connectivity index (χ4n) is 1.61. The number of hydrogen-bond acceptors (Lipinski definition) is 6. The lowest BCUT2D eigenvalue weighted by Gasteiger charge is -2.24. The minimum atomic E-state index is -3.30. The Balaban J connectivity index is 2.47. The van der Waals surface area contributed by atoms with E-state index < -0.39 is 13.9 Å². The van der Waals surface area contributed by atoms with Crippen LogP contribution < -0.4 is 0 Å². The van der Waals surface area contributed by atoms with E-state index in [0.29, 0.717) is 5.31 Å². The van der Waals surface area contributed by atoms with Crippen LogP contribution in [0.5, 0.6) is 0 Å². The Bertz CT molecular complexity index is 473. The third-order valence-electron chi connectivity index (χ3n) is 2.48. The minimum Gasteiger partial charge on any atom is -0.467 e. The molecule has 0 radical (unpaired) electrons. The third-order valence-corrected chi connectivity index (χ3v) is 5.47. The van der Waals surface area contributed by atoms with Gasteiger partial charge in [0.05, 0.1) is 4.88 Å². The molecule has 17 heavy (non-hydrogen) atoms. The summed E-state index contributed by atoms with van der Waals surface area (Å²) in [5, 5.41) is 2.32. The molecule has 0 spiro atoms. The van der Waals surface area contributed by atoms with Crippen molar-refractivity contribution < 1.29 is 23.1 Å². The second kappa shape index (κ2) is 4.92. The van der Waals surface area contributed by atoms with Gasteiger partial charge < -0.3 is 18.5 Å². The highest BCUT2D eigenvalue weighted by Gasteiger charge is 2.36. The predicted octanol–water partition coefficient (Wildman–Crippen LogP) is 3.21. The number of thiophene rings is 1. The SMILES string of the molecule is COC1OC=C(P(=O)(OC)OC)c2sccc21. The van der Waals surface area contributed by atoms with E-state index in [1.807, 2.05) is 11.4 Å². The van der Waals surface area contributed by atoms with Gasteiger partial charge >= 0.3 is 7.60 Å². The highest BCUT2D eigenvalue weighted by Crippen LogP contribution is 2.62. The van der Waals surface area contributed by atoms with Crippen molar-refractivity contribution in [2.45, 2.75) is 6.29 Å². The molecule has 0 bridgehead atoms. The fourth-order valence-corrected chi connectivity index (χ4v) is 4.03. The zero-order valence-corrected chi connectivity index (χ0v) is 11.4. The van der Waals surface area contributed by atoms with Gasteiger partial charge in [0.15, 0.2) is 0 Å². The Morgan fingerprint density at radius 2 is 2.06 bits per heavy atom. The summed E-state index contributed by atoms with van der Waals surface area (Å²) in [5.41, 5.74) is 0.837. The predicted molar refractivity (Wildman–Crippen MR) is 64.8 cm³/mol. The quantitative estimate of drug-likeness (QED) is 0.790. The lowest BCUT2D eigenvalue weighted by atomic mass is 10.2. The first-order valence-electron chi connectivity index (χ1n) is 4.84. The van der Waals surface area contributed by atoms with Crippen molar-refractivity contribution in [1.82, 2.24) is 0 Å². The largest absolute Gasteiger partial charge is 0.467 e. The summed E-state index contributed by atoms with van der Waals surface area (Å²) in [6, 6.07) is 1.87. The Morgan fingerprint density at radius 1 is 1.35 bits per heavy atom. The van der Waals surface area contributed by atoms with E-state index in [-0.39, 0.29) is 0 Å². The van der Waals surface area contributed by atoms with Crippen LogP contribution in [0.3, 0.4) is 0 Å². The number of hydrogen-bond donors (Lipinski definition) is 0. The Hall–Kier alpha value is -0.650. The Kier molecular flexibility index (Phi) is 3.70. The smallest absolute Gasteiger partial charge is 0.365 e. The number of fused-ring (bicyclic) bond motifs is 1. The monoisotopic (exact) mass is 276 g/mol. The van der Waals surface area contributed by atoms with Gasteiger partial charge in [-0.25, -0.2) is 0 Å². The Morgan fingerprint density at radius 3 is 2.65 bits per heavy atom. The zero-order valence-electron chi connectivity index (χ0n) is 9.71. The van der Waals surface area contributed by atoms with Crippen molar-refractivity contribution in [3.63, 3.8) is 0 Å². The van der Waals surface area contributed by atoms with Crippen molar-refractivity contribution in [2.24, 2.45) is 0 Å². The summed E-state index contributed by atoms with van der Waals surface area (Å²) in [7, 11) is 0.947. The molecule has 0 amide bonds. The van der Waals surface area contributed by atoms with Gasteiger partial charge in [0.1, 0.15) is 11.6 Å². The zero-order chi connectivity index (χ0) is 12.5. The molecule has 0 saturated carbocycles. The molecular weight excluding hydrogens is 263 g/mol. The van der Waals surface area contributed by atoms with Gasteiger partial charge in [0.2, 0.25) is 6.29 Å². The van der Waals surface area contributed by atoms with Gasteiger partial charge in [0.25, 0.3) is 0 Å². The minimum absolute atomic E-state index is 0.431. The maximum Gasteiger partial charge on any atom is 0.365 e. The Labute approximate surface area is 103 Å². The van der Waals surface area contributed by atoms with Gasteiger partial charge in [-0.1, -0.05) is 0 Å². The van der Waals surface area contributed by atoms with Crippen molar-refractivity contribution in [3.8, 4) is 0 Å². The highest BCUT2D eigenvalue weighted by molar-refractivity contribution is 7.65. The second-order valence-electron chi connectivity index (χ2n) is 3.27. The van der Waals surface area contributed by atoms with Crippen LogP contribution in [-0.4, -0.2) is 21.3 Å². The van der Waals surface area contributed by atoms with Crippen LogP contribution in [-0.2, 0) is 23.1 Å². The molecule has 1 aliphatic rings. The lowest BCUT2D eigenvalue weighted by molar-refractivity contribution is -0.0872. The molecule has 0 aromatic carbocycles. The van der Waals surface area contributed by atoms with Crippen LogP contribution in [0.4, 0.5) is 0 Å². The molecule has 0 N–H and O–H groups in total. The molecule has 1 unspecified atom stereocenters. The molecule has 5 nitrogen and oxygen atoms in total. The molecular formula is C10H13O5PS. The molecule has 1 aliphatic heterocycles. The van der Waals surface area contributed by atoms with E-state index in [0.717, 1.165) is 10.4 Å².